The fourth-order valence-electron chi connectivity index (χ4n) is 5.53. The van der Waals surface area contributed by atoms with E-state index in [2.05, 4.69) is 16.0 Å². The molecule has 0 saturated carbocycles. The number of nitrogens with one attached hydrogen (secondary N) is 3. The second-order valence-corrected chi connectivity index (χ2v) is 11.7. The van der Waals surface area contributed by atoms with Crippen molar-refractivity contribution in [3.8, 4) is 0 Å². The highest BCUT2D eigenvalue weighted by molar-refractivity contribution is 5.74. The van der Waals surface area contributed by atoms with Gasteiger partial charge in [0.2, 0.25) is 17.7 Å². The van der Waals surface area contributed by atoms with Gasteiger partial charge in [0.05, 0.1) is 25.9 Å². The number of carbonyl (C=O) groups is 3. The summed E-state index contributed by atoms with van der Waals surface area (Å²) in [4.78, 5) is 36.0. The predicted octanol–water partition coefficient (Wildman–Crippen LogP) is -5.71. The molecule has 0 spiro atoms. The molecule has 3 fully saturated rings. The molecule has 15 unspecified atom stereocenters. The summed E-state index contributed by atoms with van der Waals surface area (Å²) >= 11 is 0. The zero-order chi connectivity index (χ0) is 34.5. The molecular weight excluding hydrogens is 622 g/mol. The van der Waals surface area contributed by atoms with Crippen LogP contribution in [0.5, 0.6) is 0 Å². The first-order valence-electron chi connectivity index (χ1n) is 14.9. The van der Waals surface area contributed by atoms with Crippen molar-refractivity contribution in [1.82, 2.24) is 16.0 Å². The lowest BCUT2D eigenvalue weighted by Crippen LogP contribution is -2.70. The number of amides is 3. The highest BCUT2D eigenvalue weighted by atomic mass is 16.7. The van der Waals surface area contributed by atoms with Crippen molar-refractivity contribution in [2.24, 2.45) is 0 Å². The molecule has 0 aromatic carbocycles. The Morgan fingerprint density at radius 3 is 1.52 bits per heavy atom. The zero-order valence-corrected chi connectivity index (χ0v) is 26.2. The average Bonchev–Trinajstić information content (AvgIpc) is 2.97. The van der Waals surface area contributed by atoms with Gasteiger partial charge in [-0.1, -0.05) is 0 Å². The van der Waals surface area contributed by atoms with E-state index in [1.807, 2.05) is 0 Å². The maximum Gasteiger partial charge on any atom is 0.217 e. The summed E-state index contributed by atoms with van der Waals surface area (Å²) in [5, 5.41) is 80.4. The summed E-state index contributed by atoms with van der Waals surface area (Å²) in [6, 6.07) is -3.91. The molecule has 3 aliphatic heterocycles. The molecule has 3 saturated heterocycles. The van der Waals surface area contributed by atoms with Crippen molar-refractivity contribution < 1.29 is 78.6 Å². The Morgan fingerprint density at radius 2 is 1.07 bits per heavy atom. The molecule has 3 heterocycles. The van der Waals surface area contributed by atoms with Gasteiger partial charge in [0.1, 0.15) is 73.1 Å². The first-order chi connectivity index (χ1) is 21.6. The van der Waals surface area contributed by atoms with Crippen LogP contribution in [0.2, 0.25) is 0 Å². The summed E-state index contributed by atoms with van der Waals surface area (Å²) in [5.74, 6) is -1.77. The van der Waals surface area contributed by atoms with Crippen molar-refractivity contribution in [3.63, 3.8) is 0 Å². The van der Waals surface area contributed by atoms with Gasteiger partial charge in [0.25, 0.3) is 0 Å². The summed E-state index contributed by atoms with van der Waals surface area (Å²) in [5.41, 5.74) is 0. The van der Waals surface area contributed by atoms with Crippen molar-refractivity contribution in [3.05, 3.63) is 0 Å². The molecule has 0 aliphatic carbocycles. The molecule has 3 amide bonds. The summed E-state index contributed by atoms with van der Waals surface area (Å²) in [7, 11) is 0. The second-order valence-electron chi connectivity index (χ2n) is 11.7. The lowest BCUT2D eigenvalue weighted by atomic mass is 9.94. The molecule has 0 bridgehead atoms. The topological polar surface area (TPSA) is 284 Å². The van der Waals surface area contributed by atoms with Crippen LogP contribution in [-0.2, 0) is 42.8 Å². The SMILES string of the molecule is CC(=O)NC1C(OCC2OC(OC(C)C)C(NC(C)=O)C(OC3OC(CO)C(O)C(O)C3NC(C)=O)C2O)OC(CO)C(O)C1O. The Bertz CT molecular complexity index is 1020. The Balaban J connectivity index is 1.93. The molecule has 19 heteroatoms. The fraction of sp³-hybridized carbons (Fsp3) is 0.889. The van der Waals surface area contributed by atoms with Gasteiger partial charge in [-0.25, -0.2) is 0 Å². The molecule has 0 aromatic heterocycles. The lowest BCUT2D eigenvalue weighted by molar-refractivity contribution is -0.338. The first-order valence-corrected chi connectivity index (χ1v) is 14.9. The van der Waals surface area contributed by atoms with Crippen LogP contribution in [0.4, 0.5) is 0 Å². The van der Waals surface area contributed by atoms with E-state index in [4.69, 9.17) is 28.4 Å². The number of aliphatic hydroxyl groups is 7. The molecule has 19 nitrogen and oxygen atoms in total. The highest BCUT2D eigenvalue weighted by Gasteiger charge is 2.53. The number of carbonyl (C=O) groups excluding carboxylic acids is 3. The quantitative estimate of drug-likeness (QED) is 0.0926. The standard InChI is InChI=1S/C27H47N3O16/c1-9(2)42-27-18(30-12(5)35)24(46-26-17(29-11(4)34)23(40)20(37)14(7-32)44-26)21(38)15(45-27)8-41-25-16(28-10(3)33)22(39)19(36)13(6-31)43-25/h9,13-27,31-32,36-40H,6-8H2,1-5H3,(H,28,33)(H,29,34)(H,30,35). The van der Waals surface area contributed by atoms with E-state index in [0.717, 1.165) is 6.92 Å². The van der Waals surface area contributed by atoms with Crippen LogP contribution in [0.1, 0.15) is 34.6 Å². The smallest absolute Gasteiger partial charge is 0.217 e. The van der Waals surface area contributed by atoms with Gasteiger partial charge in [0.15, 0.2) is 18.9 Å². The van der Waals surface area contributed by atoms with E-state index >= 15 is 0 Å². The molecule has 15 atom stereocenters. The van der Waals surface area contributed by atoms with Crippen LogP contribution in [0.3, 0.4) is 0 Å². The molecule has 0 radical (unpaired) electrons. The van der Waals surface area contributed by atoms with Gasteiger partial charge in [-0.2, -0.15) is 0 Å². The summed E-state index contributed by atoms with van der Waals surface area (Å²) < 4.78 is 35.0. The minimum atomic E-state index is -1.67. The van der Waals surface area contributed by atoms with E-state index in [9.17, 15) is 50.1 Å². The molecule has 0 aromatic rings. The number of ether oxygens (including phenoxy) is 6. The maximum absolute atomic E-state index is 12.3. The predicted molar refractivity (Wildman–Crippen MR) is 150 cm³/mol. The van der Waals surface area contributed by atoms with Gasteiger partial charge in [-0.15, -0.1) is 0 Å². The monoisotopic (exact) mass is 669 g/mol. The summed E-state index contributed by atoms with van der Waals surface area (Å²) in [6.07, 6.45) is -18.4. The van der Waals surface area contributed by atoms with Crippen molar-refractivity contribution in [2.75, 3.05) is 19.8 Å². The third-order valence-electron chi connectivity index (χ3n) is 7.67. The molecule has 46 heavy (non-hydrogen) atoms. The van der Waals surface area contributed by atoms with Crippen LogP contribution in [-0.4, -0.2) is 171 Å². The molecular formula is C27H47N3O16. The van der Waals surface area contributed by atoms with E-state index in [-0.39, 0.29) is 0 Å². The van der Waals surface area contributed by atoms with Gasteiger partial charge in [-0.3, -0.25) is 14.4 Å². The van der Waals surface area contributed by atoms with Crippen LogP contribution < -0.4 is 16.0 Å². The van der Waals surface area contributed by atoms with Gasteiger partial charge in [-0.05, 0) is 13.8 Å². The van der Waals surface area contributed by atoms with Crippen LogP contribution in [0.15, 0.2) is 0 Å². The van der Waals surface area contributed by atoms with Crippen LogP contribution in [0, 0.1) is 0 Å². The van der Waals surface area contributed by atoms with Gasteiger partial charge in [0, 0.05) is 20.8 Å². The average molecular weight is 670 g/mol. The number of hydrogen-bond acceptors (Lipinski definition) is 16. The van der Waals surface area contributed by atoms with Crippen molar-refractivity contribution >= 4 is 17.7 Å². The van der Waals surface area contributed by atoms with E-state index in [1.165, 1.54) is 13.8 Å². The zero-order valence-electron chi connectivity index (χ0n) is 26.2. The number of aliphatic hydroxyl groups excluding tert-OH is 7. The third kappa shape index (κ3) is 9.28. The minimum Gasteiger partial charge on any atom is -0.394 e. The molecule has 3 rings (SSSR count). The molecule has 3 aliphatic rings. The van der Waals surface area contributed by atoms with E-state index in [1.54, 1.807) is 13.8 Å². The second kappa shape index (κ2) is 16.8. The Hall–Kier alpha value is -2.11. The summed E-state index contributed by atoms with van der Waals surface area (Å²) in [6.45, 7) is 4.92. The van der Waals surface area contributed by atoms with Crippen molar-refractivity contribution in [2.45, 2.75) is 133 Å². The largest absolute Gasteiger partial charge is 0.394 e. The van der Waals surface area contributed by atoms with Gasteiger partial charge < -0.3 is 80.1 Å². The Labute approximate surface area is 265 Å². The Kier molecular flexibility index (Phi) is 14.0. The van der Waals surface area contributed by atoms with Gasteiger partial charge >= 0.3 is 0 Å². The Morgan fingerprint density at radius 1 is 0.630 bits per heavy atom. The number of hydrogen-bond donors (Lipinski definition) is 10. The number of rotatable bonds is 12. The lowest BCUT2D eigenvalue weighted by Gasteiger charge is -2.49. The fourth-order valence-corrected chi connectivity index (χ4v) is 5.53. The van der Waals surface area contributed by atoms with E-state index in [0.29, 0.717) is 0 Å². The van der Waals surface area contributed by atoms with E-state index < -0.39 is 136 Å². The highest BCUT2D eigenvalue weighted by Crippen LogP contribution is 2.31. The first kappa shape index (κ1) is 38.3. The molecule has 266 valence electrons. The molecule has 10 N–H and O–H groups in total. The normalized spacial score (nSPS) is 41.5. The minimum absolute atomic E-state index is 0.486. The maximum atomic E-state index is 12.3. The van der Waals surface area contributed by atoms with Crippen LogP contribution in [0.25, 0.3) is 0 Å². The van der Waals surface area contributed by atoms with Crippen molar-refractivity contribution in [1.29, 1.82) is 0 Å². The van der Waals surface area contributed by atoms with Crippen LogP contribution >= 0.6 is 0 Å². The third-order valence-corrected chi connectivity index (χ3v) is 7.67.